The van der Waals surface area contributed by atoms with Crippen LogP contribution in [0.3, 0.4) is 0 Å². The minimum absolute atomic E-state index is 0.180. The van der Waals surface area contributed by atoms with Crippen LogP contribution in [-0.4, -0.2) is 31.2 Å². The van der Waals surface area contributed by atoms with E-state index in [4.69, 9.17) is 4.74 Å². The van der Waals surface area contributed by atoms with E-state index in [1.54, 1.807) is 0 Å². The first-order chi connectivity index (χ1) is 13.4. The number of hydrogen-bond donors (Lipinski definition) is 1. The van der Waals surface area contributed by atoms with Gasteiger partial charge in [-0.05, 0) is 6.42 Å². The van der Waals surface area contributed by atoms with E-state index in [0.29, 0.717) is 6.42 Å². The second kappa shape index (κ2) is 17.8. The molecule has 0 aliphatic rings. The van der Waals surface area contributed by atoms with Gasteiger partial charge in [0.15, 0.2) is 0 Å². The fraction of sp³-hybridized carbons (Fsp3) is 0.905. The lowest BCUT2D eigenvalue weighted by atomic mass is 10.0. The minimum atomic E-state index is -4.98. The van der Waals surface area contributed by atoms with E-state index in [1.165, 1.54) is 75.9 Å². The van der Waals surface area contributed by atoms with Crippen molar-refractivity contribution in [3.8, 4) is 0 Å². The lowest BCUT2D eigenvalue weighted by Crippen LogP contribution is -2.40. The summed E-state index contributed by atoms with van der Waals surface area (Å²) in [6.07, 6.45) is 13.5. The number of ether oxygens (including phenoxy) is 1. The number of esters is 1. The average molecular weight is 410 g/mol. The molecule has 0 aromatic rings. The Morgan fingerprint density at radius 1 is 0.714 bits per heavy atom. The molecule has 0 saturated heterocycles. The van der Waals surface area contributed by atoms with Crippen molar-refractivity contribution in [1.29, 1.82) is 0 Å². The molecule has 4 nitrogen and oxygen atoms in total. The zero-order valence-electron chi connectivity index (χ0n) is 17.4. The molecule has 0 atom stereocenters. The molecule has 0 aliphatic heterocycles. The molecule has 0 spiro atoms. The number of carbonyl (C=O) groups excluding carboxylic acids is 2. The van der Waals surface area contributed by atoms with E-state index >= 15 is 0 Å². The van der Waals surface area contributed by atoms with Gasteiger partial charge in [0.05, 0.1) is 6.61 Å². The van der Waals surface area contributed by atoms with E-state index in [2.05, 4.69) is 6.92 Å². The van der Waals surface area contributed by atoms with Crippen LogP contribution in [-0.2, 0) is 14.3 Å². The molecule has 0 saturated carbocycles. The molecule has 0 heterocycles. The number of halogens is 3. The highest BCUT2D eigenvalue weighted by molar-refractivity contribution is 5.85. The van der Waals surface area contributed by atoms with Crippen molar-refractivity contribution in [3.63, 3.8) is 0 Å². The first kappa shape index (κ1) is 26.7. The molecule has 0 aromatic carbocycles. The lowest BCUT2D eigenvalue weighted by Gasteiger charge is -2.08. The summed E-state index contributed by atoms with van der Waals surface area (Å²) in [6.45, 7) is 1.67. The Morgan fingerprint density at radius 2 is 1.11 bits per heavy atom. The van der Waals surface area contributed by atoms with Crippen LogP contribution in [0.2, 0.25) is 0 Å². The van der Waals surface area contributed by atoms with Crippen molar-refractivity contribution in [2.75, 3.05) is 13.2 Å². The third-order valence-corrected chi connectivity index (χ3v) is 4.66. The van der Waals surface area contributed by atoms with Gasteiger partial charge in [-0.2, -0.15) is 13.2 Å². The van der Waals surface area contributed by atoms with Gasteiger partial charge in [-0.1, -0.05) is 96.8 Å². The number of unbranched alkanes of at least 4 members (excludes halogenated alkanes) is 14. The molecule has 1 amide bonds. The highest BCUT2D eigenvalue weighted by atomic mass is 19.4. The van der Waals surface area contributed by atoms with Crippen LogP contribution in [0.15, 0.2) is 0 Å². The highest BCUT2D eigenvalue weighted by Gasteiger charge is 2.38. The van der Waals surface area contributed by atoms with Gasteiger partial charge >= 0.3 is 18.1 Å². The monoisotopic (exact) mass is 409 g/mol. The van der Waals surface area contributed by atoms with Crippen LogP contribution in [0.25, 0.3) is 0 Å². The molecule has 0 fully saturated rings. The maximum atomic E-state index is 11.9. The molecule has 0 unspecified atom stereocenters. The molecular weight excluding hydrogens is 371 g/mol. The van der Waals surface area contributed by atoms with E-state index in [-0.39, 0.29) is 6.61 Å². The van der Waals surface area contributed by atoms with Gasteiger partial charge in [-0.15, -0.1) is 0 Å². The molecule has 0 aromatic heterocycles. The van der Waals surface area contributed by atoms with E-state index in [9.17, 15) is 22.8 Å². The maximum absolute atomic E-state index is 11.9. The molecule has 0 aliphatic carbocycles. The van der Waals surface area contributed by atoms with Crippen molar-refractivity contribution in [2.24, 2.45) is 0 Å². The normalized spacial score (nSPS) is 11.4. The molecule has 1 N–H and O–H groups in total. The number of alkyl halides is 3. The van der Waals surface area contributed by atoms with Crippen LogP contribution < -0.4 is 5.32 Å². The van der Waals surface area contributed by atoms with Crippen molar-refractivity contribution < 1.29 is 27.5 Å². The number of amides is 1. The Bertz CT molecular complexity index is 401. The summed E-state index contributed by atoms with van der Waals surface area (Å²) in [7, 11) is 0. The van der Waals surface area contributed by atoms with Crippen LogP contribution in [0, 0.1) is 0 Å². The number of hydrogen-bond acceptors (Lipinski definition) is 3. The van der Waals surface area contributed by atoms with Gasteiger partial charge in [-0.3, -0.25) is 9.59 Å². The number of rotatable bonds is 18. The van der Waals surface area contributed by atoms with Gasteiger partial charge in [-0.25, -0.2) is 0 Å². The van der Waals surface area contributed by atoms with Gasteiger partial charge in [0.25, 0.3) is 0 Å². The SMILES string of the molecule is CCCCCCCCCCCCCCCCCOC(=O)CNC(=O)C(F)(F)F. The Balaban J connectivity index is 3.25. The number of carbonyl (C=O) groups is 2. The summed E-state index contributed by atoms with van der Waals surface area (Å²) in [5.74, 6) is -2.97. The second-order valence-corrected chi connectivity index (χ2v) is 7.35. The van der Waals surface area contributed by atoms with Crippen LogP contribution >= 0.6 is 0 Å². The molecule has 28 heavy (non-hydrogen) atoms. The van der Waals surface area contributed by atoms with Crippen molar-refractivity contribution in [3.05, 3.63) is 0 Å². The summed E-state index contributed by atoms with van der Waals surface area (Å²) >= 11 is 0. The first-order valence-corrected chi connectivity index (χ1v) is 10.9. The molecule has 166 valence electrons. The summed E-state index contributed by atoms with van der Waals surface area (Å²) in [4.78, 5) is 21.8. The lowest BCUT2D eigenvalue weighted by molar-refractivity contribution is -0.174. The third-order valence-electron chi connectivity index (χ3n) is 4.66. The van der Waals surface area contributed by atoms with Gasteiger partial charge in [0, 0.05) is 0 Å². The highest BCUT2D eigenvalue weighted by Crippen LogP contribution is 2.14. The van der Waals surface area contributed by atoms with Crippen molar-refractivity contribution in [2.45, 2.75) is 109 Å². The quantitative estimate of drug-likeness (QED) is 0.220. The standard InChI is InChI=1S/C21H38F3NO3/c1-2-3-4-5-6-7-8-9-10-11-12-13-14-15-16-17-28-19(26)18-25-20(27)21(22,23)24/h2-18H2,1H3,(H,25,27). The van der Waals surface area contributed by atoms with E-state index < -0.39 is 24.6 Å². The Kier molecular flexibility index (Phi) is 17.0. The average Bonchev–Trinajstić information content (AvgIpc) is 2.64. The predicted molar refractivity (Wildman–Crippen MR) is 105 cm³/mol. The van der Waals surface area contributed by atoms with Gasteiger partial charge in [0.2, 0.25) is 0 Å². The minimum Gasteiger partial charge on any atom is -0.464 e. The topological polar surface area (TPSA) is 55.4 Å². The Hall–Kier alpha value is -1.27. The van der Waals surface area contributed by atoms with Crippen LogP contribution in [0.5, 0.6) is 0 Å². The van der Waals surface area contributed by atoms with Gasteiger partial charge in [0.1, 0.15) is 6.54 Å². The summed E-state index contributed by atoms with van der Waals surface area (Å²) in [5.41, 5.74) is 0. The fourth-order valence-corrected chi connectivity index (χ4v) is 2.96. The fourth-order valence-electron chi connectivity index (χ4n) is 2.96. The van der Waals surface area contributed by atoms with E-state index in [0.717, 1.165) is 19.3 Å². The summed E-state index contributed by atoms with van der Waals surface area (Å²) in [5, 5.41) is 1.49. The third kappa shape index (κ3) is 18.1. The number of nitrogens with one attached hydrogen (secondary N) is 1. The summed E-state index contributed by atoms with van der Waals surface area (Å²) in [6, 6.07) is 0. The zero-order chi connectivity index (χ0) is 21.1. The second-order valence-electron chi connectivity index (χ2n) is 7.35. The summed E-state index contributed by atoms with van der Waals surface area (Å²) < 4.78 is 40.6. The largest absolute Gasteiger partial charge is 0.471 e. The molecule has 0 radical (unpaired) electrons. The maximum Gasteiger partial charge on any atom is 0.471 e. The predicted octanol–water partition coefficient (Wildman–Crippen LogP) is 6.08. The zero-order valence-corrected chi connectivity index (χ0v) is 17.4. The Labute approximate surface area is 168 Å². The first-order valence-electron chi connectivity index (χ1n) is 10.9. The van der Waals surface area contributed by atoms with Crippen molar-refractivity contribution >= 4 is 11.9 Å². The van der Waals surface area contributed by atoms with Gasteiger partial charge < -0.3 is 10.1 Å². The van der Waals surface area contributed by atoms with E-state index in [1.807, 2.05) is 0 Å². The van der Waals surface area contributed by atoms with Crippen molar-refractivity contribution in [1.82, 2.24) is 5.32 Å². The smallest absolute Gasteiger partial charge is 0.464 e. The Morgan fingerprint density at radius 3 is 1.50 bits per heavy atom. The molecular formula is C21H38F3NO3. The molecule has 0 rings (SSSR count). The molecule has 7 heteroatoms. The van der Waals surface area contributed by atoms with Crippen LogP contribution in [0.1, 0.15) is 103 Å². The van der Waals surface area contributed by atoms with Crippen LogP contribution in [0.4, 0.5) is 13.2 Å². The molecule has 0 bridgehead atoms.